The summed E-state index contributed by atoms with van der Waals surface area (Å²) < 4.78 is 5.10. The standard InChI is InChI=1S/C18H18N2O4/c1-13(15-6-10-17(24-2)11-7-15)19-18(21)12-5-14-3-8-16(9-4-14)20(22)23/h3-13H,1-2H3,(H,19,21)/b12-5+. The number of hydrogen-bond acceptors (Lipinski definition) is 4. The number of ether oxygens (including phenoxy) is 1. The molecule has 124 valence electrons. The molecule has 0 heterocycles. The van der Waals surface area contributed by atoms with E-state index in [4.69, 9.17) is 4.74 Å². The predicted octanol–water partition coefficient (Wildman–Crippen LogP) is 3.49. The Labute approximate surface area is 139 Å². The molecule has 0 radical (unpaired) electrons. The van der Waals surface area contributed by atoms with Crippen LogP contribution in [0.4, 0.5) is 5.69 Å². The second-order valence-corrected chi connectivity index (χ2v) is 5.19. The number of nitrogens with zero attached hydrogens (tertiary/aromatic N) is 1. The molecular formula is C18H18N2O4. The summed E-state index contributed by atoms with van der Waals surface area (Å²) >= 11 is 0. The van der Waals surface area contributed by atoms with Gasteiger partial charge in [-0.25, -0.2) is 0 Å². The van der Waals surface area contributed by atoms with E-state index in [2.05, 4.69) is 5.32 Å². The molecule has 0 saturated carbocycles. The van der Waals surface area contributed by atoms with Crippen molar-refractivity contribution in [1.82, 2.24) is 5.32 Å². The van der Waals surface area contributed by atoms with Crippen LogP contribution >= 0.6 is 0 Å². The number of carbonyl (C=O) groups excluding carboxylic acids is 1. The number of rotatable bonds is 6. The third-order valence-electron chi connectivity index (χ3n) is 3.51. The fraction of sp³-hybridized carbons (Fsp3) is 0.167. The third-order valence-corrected chi connectivity index (χ3v) is 3.51. The number of amides is 1. The van der Waals surface area contributed by atoms with Gasteiger partial charge >= 0.3 is 0 Å². The van der Waals surface area contributed by atoms with Crippen molar-refractivity contribution in [2.75, 3.05) is 7.11 Å². The highest BCUT2D eigenvalue weighted by Gasteiger charge is 2.08. The summed E-state index contributed by atoms with van der Waals surface area (Å²) in [6.07, 6.45) is 3.01. The Morgan fingerprint density at radius 1 is 1.17 bits per heavy atom. The van der Waals surface area contributed by atoms with Gasteiger partial charge in [0.25, 0.3) is 5.69 Å². The maximum atomic E-state index is 12.0. The minimum atomic E-state index is -0.462. The number of nitro groups is 1. The zero-order chi connectivity index (χ0) is 17.5. The van der Waals surface area contributed by atoms with Gasteiger partial charge in [0, 0.05) is 18.2 Å². The average molecular weight is 326 g/mol. The molecule has 0 bridgehead atoms. The second kappa shape index (κ2) is 7.92. The number of nitro benzene ring substituents is 1. The number of nitrogens with one attached hydrogen (secondary N) is 1. The monoisotopic (exact) mass is 326 g/mol. The molecule has 0 aliphatic heterocycles. The van der Waals surface area contributed by atoms with Crippen LogP contribution in [0.15, 0.2) is 54.6 Å². The lowest BCUT2D eigenvalue weighted by atomic mass is 10.1. The van der Waals surface area contributed by atoms with Crippen molar-refractivity contribution < 1.29 is 14.5 Å². The van der Waals surface area contributed by atoms with Crippen molar-refractivity contribution in [3.8, 4) is 5.75 Å². The molecule has 0 spiro atoms. The Balaban J connectivity index is 1.94. The smallest absolute Gasteiger partial charge is 0.269 e. The summed E-state index contributed by atoms with van der Waals surface area (Å²) in [6.45, 7) is 1.89. The number of methoxy groups -OCH3 is 1. The molecule has 1 amide bonds. The third kappa shape index (κ3) is 4.67. The first-order valence-electron chi connectivity index (χ1n) is 7.36. The highest BCUT2D eigenvalue weighted by Crippen LogP contribution is 2.17. The van der Waals surface area contributed by atoms with Crippen molar-refractivity contribution in [3.05, 3.63) is 75.8 Å². The van der Waals surface area contributed by atoms with Crippen LogP contribution < -0.4 is 10.1 Å². The van der Waals surface area contributed by atoms with Gasteiger partial charge < -0.3 is 10.1 Å². The minimum Gasteiger partial charge on any atom is -0.497 e. The Morgan fingerprint density at radius 2 is 1.79 bits per heavy atom. The highest BCUT2D eigenvalue weighted by atomic mass is 16.6. The predicted molar refractivity (Wildman–Crippen MR) is 91.7 cm³/mol. The van der Waals surface area contributed by atoms with Crippen molar-refractivity contribution in [2.45, 2.75) is 13.0 Å². The number of non-ortho nitro benzene ring substituents is 1. The first kappa shape index (κ1) is 17.2. The molecule has 2 aromatic carbocycles. The molecular weight excluding hydrogens is 308 g/mol. The maximum Gasteiger partial charge on any atom is 0.269 e. The lowest BCUT2D eigenvalue weighted by Crippen LogP contribution is -2.24. The van der Waals surface area contributed by atoms with Crippen LogP contribution in [0.1, 0.15) is 24.1 Å². The largest absolute Gasteiger partial charge is 0.497 e. The van der Waals surface area contributed by atoms with Gasteiger partial charge in [0.1, 0.15) is 5.75 Å². The van der Waals surface area contributed by atoms with Crippen LogP contribution in [0.2, 0.25) is 0 Å². The van der Waals surface area contributed by atoms with E-state index in [0.29, 0.717) is 5.56 Å². The van der Waals surface area contributed by atoms with E-state index in [1.54, 1.807) is 25.3 Å². The van der Waals surface area contributed by atoms with Crippen molar-refractivity contribution in [1.29, 1.82) is 0 Å². The van der Waals surface area contributed by atoms with Gasteiger partial charge in [-0.05, 0) is 48.4 Å². The van der Waals surface area contributed by atoms with Gasteiger partial charge in [-0.2, -0.15) is 0 Å². The summed E-state index contributed by atoms with van der Waals surface area (Å²) in [5, 5.41) is 13.4. The van der Waals surface area contributed by atoms with Gasteiger partial charge in [-0.1, -0.05) is 12.1 Å². The molecule has 6 heteroatoms. The fourth-order valence-corrected chi connectivity index (χ4v) is 2.12. The highest BCUT2D eigenvalue weighted by molar-refractivity contribution is 5.92. The molecule has 6 nitrogen and oxygen atoms in total. The average Bonchev–Trinajstić information content (AvgIpc) is 2.60. The summed E-state index contributed by atoms with van der Waals surface area (Å²) in [5.41, 5.74) is 1.70. The van der Waals surface area contributed by atoms with E-state index >= 15 is 0 Å². The zero-order valence-corrected chi connectivity index (χ0v) is 13.4. The molecule has 0 aromatic heterocycles. The van der Waals surface area contributed by atoms with Crippen molar-refractivity contribution in [3.63, 3.8) is 0 Å². The van der Waals surface area contributed by atoms with E-state index < -0.39 is 4.92 Å². The van der Waals surface area contributed by atoms with E-state index in [-0.39, 0.29) is 17.6 Å². The normalized spacial score (nSPS) is 11.9. The minimum absolute atomic E-state index is 0.0183. The second-order valence-electron chi connectivity index (χ2n) is 5.19. The van der Waals surface area contributed by atoms with Crippen LogP contribution in [-0.2, 0) is 4.79 Å². The van der Waals surface area contributed by atoms with Crippen LogP contribution in [0.5, 0.6) is 5.75 Å². The quantitative estimate of drug-likeness (QED) is 0.500. The Morgan fingerprint density at radius 3 is 2.33 bits per heavy atom. The SMILES string of the molecule is COc1ccc(C(C)NC(=O)/C=C/c2ccc([N+](=O)[O-])cc2)cc1. The van der Waals surface area contributed by atoms with Crippen LogP contribution in [0.25, 0.3) is 6.08 Å². The van der Waals surface area contributed by atoms with E-state index in [0.717, 1.165) is 11.3 Å². The summed E-state index contributed by atoms with van der Waals surface area (Å²) in [7, 11) is 1.60. The topological polar surface area (TPSA) is 81.5 Å². The molecule has 2 rings (SSSR count). The van der Waals surface area contributed by atoms with Crippen molar-refractivity contribution >= 4 is 17.7 Å². The van der Waals surface area contributed by atoms with Gasteiger partial charge in [0.05, 0.1) is 18.1 Å². The summed E-state index contributed by atoms with van der Waals surface area (Å²) in [5.74, 6) is 0.520. The van der Waals surface area contributed by atoms with E-state index in [1.165, 1.54) is 18.2 Å². The Hall–Kier alpha value is -3.15. The molecule has 1 atom stereocenters. The van der Waals surface area contributed by atoms with Crippen LogP contribution in [-0.4, -0.2) is 17.9 Å². The Bertz CT molecular complexity index is 737. The molecule has 0 aliphatic rings. The summed E-state index contributed by atoms with van der Waals surface area (Å²) in [4.78, 5) is 22.1. The van der Waals surface area contributed by atoms with E-state index in [1.807, 2.05) is 31.2 Å². The van der Waals surface area contributed by atoms with Gasteiger partial charge in [-0.15, -0.1) is 0 Å². The lowest BCUT2D eigenvalue weighted by molar-refractivity contribution is -0.384. The Kier molecular flexibility index (Phi) is 5.68. The maximum absolute atomic E-state index is 12.0. The molecule has 1 unspecified atom stereocenters. The molecule has 24 heavy (non-hydrogen) atoms. The molecule has 1 N–H and O–H groups in total. The van der Waals surface area contributed by atoms with Crippen LogP contribution in [0, 0.1) is 10.1 Å². The zero-order valence-electron chi connectivity index (χ0n) is 13.4. The number of benzene rings is 2. The summed E-state index contributed by atoms with van der Waals surface area (Å²) in [6, 6.07) is 13.3. The number of carbonyl (C=O) groups is 1. The van der Waals surface area contributed by atoms with E-state index in [9.17, 15) is 14.9 Å². The molecule has 2 aromatic rings. The van der Waals surface area contributed by atoms with Gasteiger partial charge in [-0.3, -0.25) is 14.9 Å². The fourth-order valence-electron chi connectivity index (χ4n) is 2.12. The first-order chi connectivity index (χ1) is 11.5. The van der Waals surface area contributed by atoms with Crippen molar-refractivity contribution in [2.24, 2.45) is 0 Å². The van der Waals surface area contributed by atoms with Gasteiger partial charge in [0.2, 0.25) is 5.91 Å². The molecule has 0 saturated heterocycles. The molecule has 0 aliphatic carbocycles. The molecule has 0 fully saturated rings. The van der Waals surface area contributed by atoms with Gasteiger partial charge in [0.15, 0.2) is 0 Å². The number of hydrogen-bond donors (Lipinski definition) is 1. The van der Waals surface area contributed by atoms with Crippen LogP contribution in [0.3, 0.4) is 0 Å². The lowest BCUT2D eigenvalue weighted by Gasteiger charge is -2.13. The first-order valence-corrected chi connectivity index (χ1v) is 7.36.